The molecule has 7 nitrogen and oxygen atoms in total. The molecule has 0 saturated carbocycles. The number of benzene rings is 2. The maximum atomic E-state index is 14.3. The number of carbonyl (C=O) groups excluding carboxylic acids is 2. The third-order valence-corrected chi connectivity index (χ3v) is 4.39. The fraction of sp³-hybridized carbons (Fsp3) is 0.200. The van der Waals surface area contributed by atoms with Gasteiger partial charge in [0.2, 0.25) is 0 Å². The van der Waals surface area contributed by atoms with Crippen molar-refractivity contribution in [3.05, 3.63) is 65.1 Å². The Kier molecular flexibility index (Phi) is 5.49. The number of urea groups is 1. The van der Waals surface area contributed by atoms with Crippen LogP contribution in [0.4, 0.5) is 14.9 Å². The van der Waals surface area contributed by atoms with Crippen LogP contribution in [0.15, 0.2) is 53.7 Å². The van der Waals surface area contributed by atoms with E-state index in [1.165, 1.54) is 26.4 Å². The Morgan fingerprint density at radius 1 is 1.14 bits per heavy atom. The van der Waals surface area contributed by atoms with Crippen molar-refractivity contribution in [2.75, 3.05) is 19.5 Å². The molecule has 0 unspecified atom stereocenters. The van der Waals surface area contributed by atoms with E-state index >= 15 is 0 Å². The van der Waals surface area contributed by atoms with Gasteiger partial charge in [0.25, 0.3) is 5.91 Å². The zero-order valence-corrected chi connectivity index (χ0v) is 15.6. The van der Waals surface area contributed by atoms with Crippen LogP contribution in [-0.2, 0) is 4.79 Å². The van der Waals surface area contributed by atoms with Gasteiger partial charge < -0.3 is 25.4 Å². The Labute approximate surface area is 161 Å². The van der Waals surface area contributed by atoms with Crippen LogP contribution in [-0.4, -0.2) is 26.2 Å². The lowest BCUT2D eigenvalue weighted by molar-refractivity contribution is -0.113. The molecule has 0 spiro atoms. The molecule has 1 aliphatic rings. The molecular formula is C20H20FN3O4. The van der Waals surface area contributed by atoms with Gasteiger partial charge in [-0.3, -0.25) is 4.79 Å². The molecule has 3 rings (SSSR count). The number of amides is 3. The van der Waals surface area contributed by atoms with Crippen LogP contribution >= 0.6 is 0 Å². The summed E-state index contributed by atoms with van der Waals surface area (Å²) in [7, 11) is 3.00. The second kappa shape index (κ2) is 7.99. The average molecular weight is 385 g/mol. The average Bonchev–Trinajstić information content (AvgIpc) is 2.67. The quantitative estimate of drug-likeness (QED) is 0.738. The minimum Gasteiger partial charge on any atom is -0.497 e. The van der Waals surface area contributed by atoms with Crippen molar-refractivity contribution in [2.45, 2.75) is 13.0 Å². The standard InChI is InChI=1S/C20H20FN3O4/c1-11-17(18(24-20(26)22-11)13-6-4-5-7-14(13)21)19(25)23-15-9-8-12(27-2)10-16(15)28-3/h4-10,18H,1-3H3,(H,23,25)(H2,22,24,26)/t18-/m1/s1. The van der Waals surface area contributed by atoms with E-state index in [9.17, 15) is 14.0 Å². The molecule has 2 aromatic rings. The highest BCUT2D eigenvalue weighted by Gasteiger charge is 2.33. The maximum Gasteiger partial charge on any atom is 0.319 e. The highest BCUT2D eigenvalue weighted by Crippen LogP contribution is 2.32. The van der Waals surface area contributed by atoms with E-state index in [1.54, 1.807) is 37.3 Å². The summed E-state index contributed by atoms with van der Waals surface area (Å²) in [5, 5.41) is 7.92. The van der Waals surface area contributed by atoms with Crippen LogP contribution in [0.1, 0.15) is 18.5 Å². The summed E-state index contributed by atoms with van der Waals surface area (Å²) in [5.74, 6) is -0.0428. The zero-order valence-electron chi connectivity index (χ0n) is 15.6. The Morgan fingerprint density at radius 2 is 1.89 bits per heavy atom. The van der Waals surface area contributed by atoms with Gasteiger partial charge in [-0.05, 0) is 25.1 Å². The van der Waals surface area contributed by atoms with Gasteiger partial charge in [-0.2, -0.15) is 0 Å². The van der Waals surface area contributed by atoms with Gasteiger partial charge in [0.05, 0.1) is 31.5 Å². The second-order valence-electron chi connectivity index (χ2n) is 6.11. The number of anilines is 1. The Morgan fingerprint density at radius 3 is 2.57 bits per heavy atom. The highest BCUT2D eigenvalue weighted by molar-refractivity contribution is 6.07. The van der Waals surface area contributed by atoms with Crippen LogP contribution in [0.5, 0.6) is 11.5 Å². The van der Waals surface area contributed by atoms with Crippen LogP contribution in [0.3, 0.4) is 0 Å². The number of halogens is 1. The minimum absolute atomic E-state index is 0.197. The Balaban J connectivity index is 1.97. The van der Waals surface area contributed by atoms with Gasteiger partial charge >= 0.3 is 6.03 Å². The molecule has 0 bridgehead atoms. The zero-order chi connectivity index (χ0) is 20.3. The lowest BCUT2D eigenvalue weighted by Gasteiger charge is -2.29. The van der Waals surface area contributed by atoms with Crippen molar-refractivity contribution in [3.8, 4) is 11.5 Å². The first-order valence-corrected chi connectivity index (χ1v) is 8.50. The number of ether oxygens (including phenoxy) is 2. The van der Waals surface area contributed by atoms with Gasteiger partial charge in [-0.1, -0.05) is 18.2 Å². The summed E-state index contributed by atoms with van der Waals surface area (Å²) in [6.45, 7) is 1.59. The second-order valence-corrected chi connectivity index (χ2v) is 6.11. The van der Waals surface area contributed by atoms with Crippen molar-refractivity contribution < 1.29 is 23.5 Å². The normalized spacial score (nSPS) is 16.1. The third kappa shape index (κ3) is 3.75. The lowest BCUT2D eigenvalue weighted by atomic mass is 9.94. The topological polar surface area (TPSA) is 88.7 Å². The van der Waals surface area contributed by atoms with Crippen LogP contribution in [0.25, 0.3) is 0 Å². The van der Waals surface area contributed by atoms with E-state index in [4.69, 9.17) is 9.47 Å². The fourth-order valence-corrected chi connectivity index (χ4v) is 3.03. The van der Waals surface area contributed by atoms with Crippen molar-refractivity contribution in [1.29, 1.82) is 0 Å². The van der Waals surface area contributed by atoms with E-state index in [1.807, 2.05) is 0 Å². The first-order valence-electron chi connectivity index (χ1n) is 8.50. The molecule has 146 valence electrons. The number of hydrogen-bond donors (Lipinski definition) is 3. The van der Waals surface area contributed by atoms with E-state index in [2.05, 4.69) is 16.0 Å². The van der Waals surface area contributed by atoms with Gasteiger partial charge in [0.1, 0.15) is 17.3 Å². The SMILES string of the molecule is COc1ccc(NC(=O)C2=C(C)NC(=O)N[C@@H]2c2ccccc2F)c(OC)c1. The highest BCUT2D eigenvalue weighted by atomic mass is 19.1. The summed E-state index contributed by atoms with van der Waals surface area (Å²) >= 11 is 0. The first kappa shape index (κ1) is 19.2. The van der Waals surface area contributed by atoms with Gasteiger partial charge in [-0.15, -0.1) is 0 Å². The summed E-state index contributed by atoms with van der Waals surface area (Å²) in [5.41, 5.74) is 1.14. The predicted octanol–water partition coefficient (Wildman–Crippen LogP) is 3.11. The molecule has 3 N–H and O–H groups in total. The number of carbonyl (C=O) groups is 2. The number of hydrogen-bond acceptors (Lipinski definition) is 4. The number of nitrogens with one attached hydrogen (secondary N) is 3. The number of rotatable bonds is 5. The molecule has 0 aromatic heterocycles. The first-order chi connectivity index (χ1) is 13.4. The number of methoxy groups -OCH3 is 2. The smallest absolute Gasteiger partial charge is 0.319 e. The summed E-state index contributed by atoms with van der Waals surface area (Å²) in [6.07, 6.45) is 0. The molecular weight excluding hydrogens is 365 g/mol. The van der Waals surface area contributed by atoms with Crippen molar-refractivity contribution in [3.63, 3.8) is 0 Å². The molecule has 3 amide bonds. The third-order valence-electron chi connectivity index (χ3n) is 4.39. The molecule has 1 heterocycles. The molecule has 28 heavy (non-hydrogen) atoms. The molecule has 1 atom stereocenters. The molecule has 0 radical (unpaired) electrons. The van der Waals surface area contributed by atoms with E-state index in [0.717, 1.165) is 0 Å². The van der Waals surface area contributed by atoms with Crippen molar-refractivity contribution in [1.82, 2.24) is 10.6 Å². The molecule has 1 aliphatic heterocycles. The van der Waals surface area contributed by atoms with E-state index < -0.39 is 23.8 Å². The summed E-state index contributed by atoms with van der Waals surface area (Å²) in [6, 6.07) is 9.49. The molecule has 0 fully saturated rings. The molecule has 2 aromatic carbocycles. The van der Waals surface area contributed by atoms with Crippen molar-refractivity contribution in [2.24, 2.45) is 0 Å². The van der Waals surface area contributed by atoms with E-state index in [0.29, 0.717) is 22.9 Å². The molecule has 0 aliphatic carbocycles. The molecule has 0 saturated heterocycles. The lowest BCUT2D eigenvalue weighted by Crippen LogP contribution is -2.46. The monoisotopic (exact) mass is 385 g/mol. The van der Waals surface area contributed by atoms with E-state index in [-0.39, 0.29) is 11.1 Å². The van der Waals surface area contributed by atoms with Gasteiger partial charge in [-0.25, -0.2) is 9.18 Å². The summed E-state index contributed by atoms with van der Waals surface area (Å²) in [4.78, 5) is 25.0. The predicted molar refractivity (Wildman–Crippen MR) is 102 cm³/mol. The largest absolute Gasteiger partial charge is 0.497 e. The Bertz CT molecular complexity index is 958. The number of allylic oxidation sites excluding steroid dienone is 1. The summed E-state index contributed by atoms with van der Waals surface area (Å²) < 4.78 is 24.8. The minimum atomic E-state index is -0.931. The Hall–Kier alpha value is -3.55. The van der Waals surface area contributed by atoms with Gasteiger partial charge in [0, 0.05) is 17.3 Å². The van der Waals surface area contributed by atoms with Gasteiger partial charge in [0.15, 0.2) is 0 Å². The van der Waals surface area contributed by atoms with Crippen LogP contribution in [0.2, 0.25) is 0 Å². The molecule has 8 heteroatoms. The van der Waals surface area contributed by atoms with Crippen molar-refractivity contribution >= 4 is 17.6 Å². The fourth-order valence-electron chi connectivity index (χ4n) is 3.03. The van der Waals surface area contributed by atoms with Crippen LogP contribution < -0.4 is 25.4 Å². The maximum absolute atomic E-state index is 14.3. The van der Waals surface area contributed by atoms with Crippen LogP contribution in [0, 0.1) is 5.82 Å².